The molecule has 1 aliphatic rings. The third kappa shape index (κ3) is 3.81. The summed E-state index contributed by atoms with van der Waals surface area (Å²) < 4.78 is 7.26. The van der Waals surface area contributed by atoms with Crippen LogP contribution in [0.2, 0.25) is 0 Å². The van der Waals surface area contributed by atoms with Crippen molar-refractivity contribution in [3.8, 4) is 0 Å². The first-order chi connectivity index (χ1) is 8.81. The fraction of sp³-hybridized carbons (Fsp3) is 0.600. The number of benzene rings is 1. The van der Waals surface area contributed by atoms with Gasteiger partial charge in [-0.2, -0.15) is 0 Å². The number of ether oxygens (including phenoxy) is 1. The second-order valence-corrected chi connectivity index (χ2v) is 5.74. The smallest absolute Gasteiger partial charge is 0.0732 e. The lowest BCUT2D eigenvalue weighted by Crippen LogP contribution is -2.43. The minimum absolute atomic E-state index is 0.366. The second kappa shape index (κ2) is 7.27. The Kier molecular flexibility index (Phi) is 5.67. The van der Waals surface area contributed by atoms with Gasteiger partial charge >= 0.3 is 0 Å². The number of hydrogen-bond donors (Lipinski definition) is 1. The molecular formula is C15H22BrNO. The van der Waals surface area contributed by atoms with Gasteiger partial charge in [0.15, 0.2) is 0 Å². The highest BCUT2D eigenvalue weighted by molar-refractivity contribution is 9.10. The molecule has 18 heavy (non-hydrogen) atoms. The molecule has 1 aliphatic carbocycles. The molecular weight excluding hydrogens is 290 g/mol. The molecule has 0 radical (unpaired) electrons. The molecule has 1 aromatic rings. The van der Waals surface area contributed by atoms with Gasteiger partial charge in [0.05, 0.1) is 12.7 Å². The van der Waals surface area contributed by atoms with Crippen LogP contribution in [-0.2, 0) is 11.3 Å². The Hall–Kier alpha value is -0.380. The van der Waals surface area contributed by atoms with Gasteiger partial charge in [0.1, 0.15) is 0 Å². The summed E-state index contributed by atoms with van der Waals surface area (Å²) in [6.45, 7) is 3.90. The Morgan fingerprint density at radius 3 is 2.83 bits per heavy atom. The maximum atomic E-state index is 6.12. The van der Waals surface area contributed by atoms with Crippen LogP contribution in [-0.4, -0.2) is 18.7 Å². The van der Waals surface area contributed by atoms with Crippen molar-refractivity contribution in [2.45, 2.75) is 51.4 Å². The molecule has 0 aliphatic heterocycles. The summed E-state index contributed by atoms with van der Waals surface area (Å²) >= 11 is 3.57. The first kappa shape index (κ1) is 14.0. The van der Waals surface area contributed by atoms with E-state index in [0.717, 1.165) is 11.0 Å². The van der Waals surface area contributed by atoms with Crippen molar-refractivity contribution < 1.29 is 4.74 Å². The van der Waals surface area contributed by atoms with Crippen molar-refractivity contribution in [2.24, 2.45) is 0 Å². The Morgan fingerprint density at radius 1 is 1.28 bits per heavy atom. The number of halogens is 1. The van der Waals surface area contributed by atoms with E-state index >= 15 is 0 Å². The minimum atomic E-state index is 0.366. The van der Waals surface area contributed by atoms with Crippen molar-refractivity contribution in [2.75, 3.05) is 6.54 Å². The van der Waals surface area contributed by atoms with E-state index in [0.29, 0.717) is 18.8 Å². The highest BCUT2D eigenvalue weighted by Gasteiger charge is 2.24. The summed E-state index contributed by atoms with van der Waals surface area (Å²) in [7, 11) is 0. The van der Waals surface area contributed by atoms with Crippen LogP contribution < -0.4 is 5.32 Å². The zero-order chi connectivity index (χ0) is 12.8. The molecule has 1 aromatic carbocycles. The predicted molar refractivity (Wildman–Crippen MR) is 78.7 cm³/mol. The third-order valence-electron chi connectivity index (χ3n) is 3.58. The Balaban J connectivity index is 1.89. The topological polar surface area (TPSA) is 21.3 Å². The zero-order valence-electron chi connectivity index (χ0n) is 11.0. The van der Waals surface area contributed by atoms with Crippen LogP contribution in [0.25, 0.3) is 0 Å². The van der Waals surface area contributed by atoms with Crippen LogP contribution in [0.15, 0.2) is 28.7 Å². The quantitative estimate of drug-likeness (QED) is 0.891. The molecule has 100 valence electrons. The van der Waals surface area contributed by atoms with Gasteiger partial charge in [-0.25, -0.2) is 0 Å². The van der Waals surface area contributed by atoms with E-state index in [1.165, 1.54) is 31.2 Å². The fourth-order valence-corrected chi connectivity index (χ4v) is 3.00. The van der Waals surface area contributed by atoms with Crippen LogP contribution >= 0.6 is 15.9 Å². The highest BCUT2D eigenvalue weighted by atomic mass is 79.9. The number of likely N-dealkylation sites (N-methyl/N-ethyl adjacent to an activating group) is 1. The second-order valence-electron chi connectivity index (χ2n) is 4.89. The maximum Gasteiger partial charge on any atom is 0.0732 e. The standard InChI is InChI=1S/C15H22BrNO/c1-2-17-14-9-5-6-10-15(14)18-11-12-7-3-4-8-13(12)16/h3-4,7-8,14-15,17H,2,5-6,9-11H2,1H3. The van der Waals surface area contributed by atoms with Gasteiger partial charge < -0.3 is 10.1 Å². The third-order valence-corrected chi connectivity index (χ3v) is 4.35. The van der Waals surface area contributed by atoms with Gasteiger partial charge in [-0.15, -0.1) is 0 Å². The van der Waals surface area contributed by atoms with E-state index in [1.54, 1.807) is 0 Å². The van der Waals surface area contributed by atoms with E-state index < -0.39 is 0 Å². The van der Waals surface area contributed by atoms with Crippen molar-refractivity contribution in [3.05, 3.63) is 34.3 Å². The SMILES string of the molecule is CCNC1CCCCC1OCc1ccccc1Br. The molecule has 1 fully saturated rings. The molecule has 0 spiro atoms. The Bertz CT molecular complexity index is 367. The van der Waals surface area contributed by atoms with E-state index in [4.69, 9.17) is 4.74 Å². The summed E-state index contributed by atoms with van der Waals surface area (Å²) in [4.78, 5) is 0. The molecule has 0 saturated heterocycles. The van der Waals surface area contributed by atoms with Crippen molar-refractivity contribution in [1.82, 2.24) is 5.32 Å². The molecule has 1 saturated carbocycles. The van der Waals surface area contributed by atoms with E-state index in [2.05, 4.69) is 46.4 Å². The lowest BCUT2D eigenvalue weighted by Gasteiger charge is -2.32. The van der Waals surface area contributed by atoms with Gasteiger partial charge in [0.25, 0.3) is 0 Å². The zero-order valence-corrected chi connectivity index (χ0v) is 12.6. The van der Waals surface area contributed by atoms with Gasteiger partial charge in [0, 0.05) is 10.5 Å². The first-order valence-corrected chi connectivity index (χ1v) is 7.69. The molecule has 0 heterocycles. The van der Waals surface area contributed by atoms with Crippen LogP contribution in [0.4, 0.5) is 0 Å². The Morgan fingerprint density at radius 2 is 2.06 bits per heavy atom. The van der Waals surface area contributed by atoms with Crippen molar-refractivity contribution in [1.29, 1.82) is 0 Å². The molecule has 2 unspecified atom stereocenters. The lowest BCUT2D eigenvalue weighted by atomic mass is 9.92. The summed E-state index contributed by atoms with van der Waals surface area (Å²) in [5.74, 6) is 0. The van der Waals surface area contributed by atoms with Crippen molar-refractivity contribution >= 4 is 15.9 Å². The average Bonchev–Trinajstić information content (AvgIpc) is 2.40. The van der Waals surface area contributed by atoms with Crippen LogP contribution in [0.1, 0.15) is 38.2 Å². The molecule has 2 rings (SSSR count). The summed E-state index contributed by atoms with van der Waals surface area (Å²) in [5, 5.41) is 3.55. The largest absolute Gasteiger partial charge is 0.372 e. The van der Waals surface area contributed by atoms with Gasteiger partial charge in [-0.3, -0.25) is 0 Å². The average molecular weight is 312 g/mol. The van der Waals surface area contributed by atoms with Crippen LogP contribution in [0.5, 0.6) is 0 Å². The predicted octanol–water partition coefficient (Wildman–Crippen LogP) is 3.89. The maximum absolute atomic E-state index is 6.12. The summed E-state index contributed by atoms with van der Waals surface area (Å²) in [6.07, 6.45) is 5.41. The molecule has 0 bridgehead atoms. The number of nitrogens with one attached hydrogen (secondary N) is 1. The highest BCUT2D eigenvalue weighted by Crippen LogP contribution is 2.24. The summed E-state index contributed by atoms with van der Waals surface area (Å²) in [5.41, 5.74) is 1.23. The summed E-state index contributed by atoms with van der Waals surface area (Å²) in [6, 6.07) is 8.82. The molecule has 3 heteroatoms. The number of rotatable bonds is 5. The lowest BCUT2D eigenvalue weighted by molar-refractivity contribution is -0.00526. The molecule has 0 amide bonds. The van der Waals surface area contributed by atoms with Gasteiger partial charge in [-0.1, -0.05) is 53.9 Å². The van der Waals surface area contributed by atoms with E-state index in [1.807, 2.05) is 6.07 Å². The van der Waals surface area contributed by atoms with Crippen LogP contribution in [0, 0.1) is 0 Å². The van der Waals surface area contributed by atoms with E-state index in [9.17, 15) is 0 Å². The van der Waals surface area contributed by atoms with Gasteiger partial charge in [-0.05, 0) is 31.0 Å². The molecule has 1 N–H and O–H groups in total. The fourth-order valence-electron chi connectivity index (χ4n) is 2.60. The number of hydrogen-bond acceptors (Lipinski definition) is 2. The molecule has 0 aromatic heterocycles. The Labute approximate surface area is 118 Å². The minimum Gasteiger partial charge on any atom is -0.372 e. The van der Waals surface area contributed by atoms with Gasteiger partial charge in [0.2, 0.25) is 0 Å². The normalized spacial score (nSPS) is 24.1. The monoisotopic (exact) mass is 311 g/mol. The first-order valence-electron chi connectivity index (χ1n) is 6.89. The molecule has 2 atom stereocenters. The van der Waals surface area contributed by atoms with Crippen molar-refractivity contribution in [3.63, 3.8) is 0 Å². The van der Waals surface area contributed by atoms with Crippen LogP contribution in [0.3, 0.4) is 0 Å². The molecule has 2 nitrogen and oxygen atoms in total. The van der Waals surface area contributed by atoms with E-state index in [-0.39, 0.29) is 0 Å².